The normalized spacial score (nSPS) is 26.9. The quantitative estimate of drug-likeness (QED) is 0.885. The van der Waals surface area contributed by atoms with Crippen molar-refractivity contribution in [2.45, 2.75) is 44.2 Å². The Kier molecular flexibility index (Phi) is 2.92. The summed E-state index contributed by atoms with van der Waals surface area (Å²) >= 11 is 0. The Labute approximate surface area is 107 Å². The first-order valence-electron chi connectivity index (χ1n) is 6.57. The molecule has 2 atom stereocenters. The number of nitrogens with zero attached hydrogens (tertiary/aromatic N) is 2. The Morgan fingerprint density at radius 2 is 2.22 bits per heavy atom. The molecule has 1 aromatic rings. The third-order valence-corrected chi connectivity index (χ3v) is 3.73. The number of hydrogen-bond donors (Lipinski definition) is 1. The van der Waals surface area contributed by atoms with E-state index in [2.05, 4.69) is 23.3 Å². The van der Waals surface area contributed by atoms with Gasteiger partial charge in [-0.25, -0.2) is 4.98 Å². The van der Waals surface area contributed by atoms with E-state index in [1.165, 1.54) is 12.8 Å². The van der Waals surface area contributed by atoms with Crippen molar-refractivity contribution < 1.29 is 4.74 Å². The van der Waals surface area contributed by atoms with Crippen LogP contribution in [0, 0.1) is 11.3 Å². The van der Waals surface area contributed by atoms with Gasteiger partial charge in [-0.3, -0.25) is 0 Å². The number of nitriles is 1. The third-order valence-electron chi connectivity index (χ3n) is 3.73. The molecule has 18 heavy (non-hydrogen) atoms. The summed E-state index contributed by atoms with van der Waals surface area (Å²) in [6.07, 6.45) is 3.60. The SMILES string of the molecule is C[C@@H]1OCC[C@H]1Nc1nc(C2CC2)ccc1C#N. The van der Waals surface area contributed by atoms with Gasteiger partial charge in [-0.15, -0.1) is 0 Å². The zero-order chi connectivity index (χ0) is 12.5. The van der Waals surface area contributed by atoms with Crippen LogP contribution in [0.25, 0.3) is 0 Å². The summed E-state index contributed by atoms with van der Waals surface area (Å²) in [6.45, 7) is 2.84. The van der Waals surface area contributed by atoms with E-state index in [4.69, 9.17) is 10.00 Å². The number of hydrogen-bond acceptors (Lipinski definition) is 4. The maximum absolute atomic E-state index is 9.14. The number of rotatable bonds is 3. The maximum Gasteiger partial charge on any atom is 0.144 e. The largest absolute Gasteiger partial charge is 0.376 e. The monoisotopic (exact) mass is 243 g/mol. The molecule has 1 saturated heterocycles. The van der Waals surface area contributed by atoms with Gasteiger partial charge in [-0.1, -0.05) is 0 Å². The van der Waals surface area contributed by atoms with E-state index in [0.29, 0.717) is 11.5 Å². The molecule has 1 aromatic heterocycles. The molecule has 0 spiro atoms. The summed E-state index contributed by atoms with van der Waals surface area (Å²) in [7, 11) is 0. The second-order valence-corrected chi connectivity index (χ2v) is 5.13. The van der Waals surface area contributed by atoms with Crippen LogP contribution in [0.3, 0.4) is 0 Å². The van der Waals surface area contributed by atoms with Crippen molar-refractivity contribution in [2.24, 2.45) is 0 Å². The Bertz CT molecular complexity index is 490. The van der Waals surface area contributed by atoms with E-state index in [0.717, 1.165) is 24.5 Å². The maximum atomic E-state index is 9.14. The minimum absolute atomic E-state index is 0.183. The van der Waals surface area contributed by atoms with Crippen molar-refractivity contribution in [1.29, 1.82) is 5.26 Å². The minimum atomic E-state index is 0.183. The van der Waals surface area contributed by atoms with Crippen LogP contribution in [-0.4, -0.2) is 23.7 Å². The molecule has 4 heteroatoms. The molecule has 4 nitrogen and oxygen atoms in total. The molecule has 0 aromatic carbocycles. The van der Waals surface area contributed by atoms with Gasteiger partial charge in [0.05, 0.1) is 17.7 Å². The molecule has 1 aliphatic heterocycles. The molecule has 0 radical (unpaired) electrons. The number of ether oxygens (including phenoxy) is 1. The average Bonchev–Trinajstić information content (AvgIpc) is 3.15. The lowest BCUT2D eigenvalue weighted by Crippen LogP contribution is -2.27. The summed E-state index contributed by atoms with van der Waals surface area (Å²) < 4.78 is 5.53. The molecule has 2 heterocycles. The molecule has 1 N–H and O–H groups in total. The van der Waals surface area contributed by atoms with Gasteiger partial charge in [0.2, 0.25) is 0 Å². The van der Waals surface area contributed by atoms with Gasteiger partial charge in [0, 0.05) is 18.2 Å². The third kappa shape index (κ3) is 2.19. The standard InChI is InChI=1S/C14H17N3O/c1-9-12(6-7-18-9)16-14-11(8-15)4-5-13(17-14)10-2-3-10/h4-5,9-10,12H,2-3,6-7H2,1H3,(H,16,17)/t9-,12+/m0/s1. The summed E-state index contributed by atoms with van der Waals surface area (Å²) in [6, 6.07) is 6.33. The van der Waals surface area contributed by atoms with Crippen molar-refractivity contribution >= 4 is 5.82 Å². The molecule has 3 rings (SSSR count). The fourth-order valence-corrected chi connectivity index (χ4v) is 2.38. The molecule has 2 fully saturated rings. The van der Waals surface area contributed by atoms with Crippen LogP contribution in [0.5, 0.6) is 0 Å². The van der Waals surface area contributed by atoms with E-state index >= 15 is 0 Å². The smallest absolute Gasteiger partial charge is 0.144 e. The number of pyridine rings is 1. The number of nitrogens with one attached hydrogen (secondary N) is 1. The summed E-state index contributed by atoms with van der Waals surface area (Å²) in [5, 5.41) is 12.5. The summed E-state index contributed by atoms with van der Waals surface area (Å²) in [4.78, 5) is 4.61. The van der Waals surface area contributed by atoms with Crippen LogP contribution in [0.1, 0.15) is 43.4 Å². The van der Waals surface area contributed by atoms with Gasteiger partial charge >= 0.3 is 0 Å². The fourth-order valence-electron chi connectivity index (χ4n) is 2.38. The van der Waals surface area contributed by atoms with Gasteiger partial charge in [0.25, 0.3) is 0 Å². The van der Waals surface area contributed by atoms with Crippen LogP contribution < -0.4 is 5.32 Å². The highest BCUT2D eigenvalue weighted by molar-refractivity contribution is 5.53. The van der Waals surface area contributed by atoms with E-state index in [1.54, 1.807) is 0 Å². The second kappa shape index (κ2) is 4.58. The van der Waals surface area contributed by atoms with Crippen molar-refractivity contribution in [1.82, 2.24) is 4.98 Å². The van der Waals surface area contributed by atoms with Crippen LogP contribution >= 0.6 is 0 Å². The van der Waals surface area contributed by atoms with Gasteiger partial charge < -0.3 is 10.1 Å². The van der Waals surface area contributed by atoms with Crippen molar-refractivity contribution in [3.05, 3.63) is 23.4 Å². The molecule has 0 bridgehead atoms. The highest BCUT2D eigenvalue weighted by Gasteiger charge is 2.28. The van der Waals surface area contributed by atoms with Gasteiger partial charge in [-0.2, -0.15) is 5.26 Å². The average molecular weight is 243 g/mol. The van der Waals surface area contributed by atoms with E-state index in [9.17, 15) is 0 Å². The Morgan fingerprint density at radius 3 is 2.83 bits per heavy atom. The Hall–Kier alpha value is -1.60. The predicted octanol–water partition coefficient (Wildman–Crippen LogP) is 2.42. The molecule has 0 unspecified atom stereocenters. The molecule has 0 amide bonds. The molecule has 1 saturated carbocycles. The number of aromatic nitrogens is 1. The number of anilines is 1. The zero-order valence-corrected chi connectivity index (χ0v) is 10.5. The minimum Gasteiger partial charge on any atom is -0.376 e. The Morgan fingerprint density at radius 1 is 1.39 bits per heavy atom. The molecule has 2 aliphatic rings. The zero-order valence-electron chi connectivity index (χ0n) is 10.5. The summed E-state index contributed by atoms with van der Waals surface area (Å²) in [5.74, 6) is 1.33. The lowest BCUT2D eigenvalue weighted by atomic mass is 10.1. The van der Waals surface area contributed by atoms with Gasteiger partial charge in [0.1, 0.15) is 11.9 Å². The van der Waals surface area contributed by atoms with Crippen LogP contribution in [0.15, 0.2) is 12.1 Å². The van der Waals surface area contributed by atoms with Crippen LogP contribution in [0.4, 0.5) is 5.82 Å². The molecular formula is C14H17N3O. The van der Waals surface area contributed by atoms with Crippen molar-refractivity contribution in [2.75, 3.05) is 11.9 Å². The second-order valence-electron chi connectivity index (χ2n) is 5.13. The van der Waals surface area contributed by atoms with Gasteiger partial charge in [-0.05, 0) is 38.3 Å². The van der Waals surface area contributed by atoms with Gasteiger partial charge in [0.15, 0.2) is 0 Å². The van der Waals surface area contributed by atoms with E-state index < -0.39 is 0 Å². The molecular weight excluding hydrogens is 226 g/mol. The molecule has 94 valence electrons. The van der Waals surface area contributed by atoms with Crippen molar-refractivity contribution in [3.8, 4) is 6.07 Å². The van der Waals surface area contributed by atoms with Crippen molar-refractivity contribution in [3.63, 3.8) is 0 Å². The Balaban J connectivity index is 1.84. The lowest BCUT2D eigenvalue weighted by molar-refractivity contribution is 0.121. The first-order valence-corrected chi connectivity index (χ1v) is 6.57. The first kappa shape index (κ1) is 11.5. The topological polar surface area (TPSA) is 57.9 Å². The van der Waals surface area contributed by atoms with Crippen LogP contribution in [-0.2, 0) is 4.74 Å². The lowest BCUT2D eigenvalue weighted by Gasteiger charge is -2.18. The van der Waals surface area contributed by atoms with E-state index in [-0.39, 0.29) is 12.1 Å². The fraction of sp³-hybridized carbons (Fsp3) is 0.571. The summed E-state index contributed by atoms with van der Waals surface area (Å²) in [5.41, 5.74) is 1.74. The first-order chi connectivity index (χ1) is 8.78. The van der Waals surface area contributed by atoms with E-state index in [1.807, 2.05) is 12.1 Å². The predicted molar refractivity (Wildman–Crippen MR) is 68.4 cm³/mol. The highest BCUT2D eigenvalue weighted by Crippen LogP contribution is 2.39. The highest BCUT2D eigenvalue weighted by atomic mass is 16.5. The van der Waals surface area contributed by atoms with Crippen LogP contribution in [0.2, 0.25) is 0 Å². The molecule has 1 aliphatic carbocycles.